The summed E-state index contributed by atoms with van der Waals surface area (Å²) in [5, 5.41) is 19.8. The van der Waals surface area contributed by atoms with E-state index in [0.29, 0.717) is 12.2 Å². The smallest absolute Gasteiger partial charge is 0.478 e. The summed E-state index contributed by atoms with van der Waals surface area (Å²) >= 11 is 0. The van der Waals surface area contributed by atoms with Crippen molar-refractivity contribution in [3.63, 3.8) is 0 Å². The standard InChI is InChI=1S/C68H115N11O18/c1-25-27-28-43(15)57(97-68(94)96-36-95-53(83)30-29-52(81)82)56-61(87)71-46(26-2)63(89)73(18)35-51(80)74(19)47(31-37(3)4)60(86)72-54(41(11)12)66(92)75(20)48(32-38(5)6)59(85)69-44(16)58(84)70-45(17)62(88)76(21)49(33-39(7)8)64(90)77(22)50(34-40(9)10)65(91)78(23)55(42(13)14)67(93)79(56)24/h25,27,29-30,37-50,54-57H,26,28,31-36H2,1-24H3,(H,69,85)(H,70,84)(H,71,87)(H,72,86)(H,81,82)/t43-,44?,45?,46?,47+,48?,49?,50?,54?,55?,56?,57?/m1/s1. The Balaban J connectivity index is 4.54. The Morgan fingerprint density at radius 3 is 1.43 bits per heavy atom. The van der Waals surface area contributed by atoms with Crippen LogP contribution in [-0.4, -0.2) is 252 Å². The first-order valence-electron chi connectivity index (χ1n) is 33.5. The fraction of sp³-hybridized carbons (Fsp3) is 0.735. The zero-order valence-corrected chi connectivity index (χ0v) is 61.9. The second kappa shape index (κ2) is 40.5. The zero-order chi connectivity index (χ0) is 75.0. The molecule has 12 atom stereocenters. The molecule has 0 aromatic rings. The van der Waals surface area contributed by atoms with Gasteiger partial charge in [-0.15, -0.1) is 0 Å². The number of hydrogen-bond acceptors (Lipinski definition) is 17. The number of carboxylic acid groups (broad SMARTS) is 1. The van der Waals surface area contributed by atoms with E-state index in [4.69, 9.17) is 19.3 Å². The van der Waals surface area contributed by atoms with Gasteiger partial charge >= 0.3 is 18.1 Å². The number of esters is 1. The highest BCUT2D eigenvalue weighted by Gasteiger charge is 2.47. The monoisotopic (exact) mass is 1370 g/mol. The van der Waals surface area contributed by atoms with E-state index in [1.807, 2.05) is 55.4 Å². The lowest BCUT2D eigenvalue weighted by Gasteiger charge is -2.42. The van der Waals surface area contributed by atoms with Crippen molar-refractivity contribution in [2.45, 2.75) is 223 Å². The summed E-state index contributed by atoms with van der Waals surface area (Å²) < 4.78 is 15.8. The van der Waals surface area contributed by atoms with Gasteiger partial charge in [-0.1, -0.05) is 109 Å². The van der Waals surface area contributed by atoms with Crippen molar-refractivity contribution in [3.05, 3.63) is 24.3 Å². The second-order valence-corrected chi connectivity index (χ2v) is 27.8. The van der Waals surface area contributed by atoms with Crippen LogP contribution >= 0.6 is 0 Å². The van der Waals surface area contributed by atoms with Crippen LogP contribution < -0.4 is 21.3 Å². The molecule has 1 rings (SSSR count). The van der Waals surface area contributed by atoms with Crippen LogP contribution in [-0.2, 0) is 76.5 Å². The number of ether oxygens (including phenoxy) is 3. The molecule has 29 nitrogen and oxygen atoms in total. The number of nitrogens with zero attached hydrogens (tertiary/aromatic N) is 7. The quantitative estimate of drug-likeness (QED) is 0.0503. The van der Waals surface area contributed by atoms with Gasteiger partial charge in [0, 0.05) is 61.5 Å². The largest absolute Gasteiger partial charge is 0.511 e. The molecule has 11 amide bonds. The van der Waals surface area contributed by atoms with E-state index < -0.39 is 181 Å². The summed E-state index contributed by atoms with van der Waals surface area (Å²) in [7, 11) is 9.47. The van der Waals surface area contributed by atoms with Gasteiger partial charge < -0.3 is 74.9 Å². The molecule has 1 heterocycles. The van der Waals surface area contributed by atoms with Crippen molar-refractivity contribution in [2.75, 3.05) is 62.7 Å². The molecule has 1 aliphatic heterocycles. The second-order valence-electron chi connectivity index (χ2n) is 27.8. The number of carbonyl (C=O) groups excluding carboxylic acids is 13. The number of hydrogen-bond donors (Lipinski definition) is 5. The third kappa shape index (κ3) is 26.3. The number of likely N-dealkylation sites (N-methyl/N-ethyl adjacent to an activating group) is 7. The fourth-order valence-electron chi connectivity index (χ4n) is 11.3. The predicted molar refractivity (Wildman–Crippen MR) is 362 cm³/mol. The van der Waals surface area contributed by atoms with Crippen molar-refractivity contribution < 1.29 is 86.4 Å². The summed E-state index contributed by atoms with van der Waals surface area (Å²) in [6.07, 6.45) is 1.57. The Morgan fingerprint density at radius 2 is 0.959 bits per heavy atom. The average molecular weight is 1370 g/mol. The van der Waals surface area contributed by atoms with E-state index in [2.05, 4.69) is 21.3 Å². The highest BCUT2D eigenvalue weighted by Crippen LogP contribution is 2.27. The summed E-state index contributed by atoms with van der Waals surface area (Å²) in [5.74, 6) is -14.1. The molecule has 97 heavy (non-hydrogen) atoms. The molecule has 5 N–H and O–H groups in total. The number of carbonyl (C=O) groups is 14. The molecule has 1 saturated heterocycles. The third-order valence-electron chi connectivity index (χ3n) is 17.0. The van der Waals surface area contributed by atoms with Crippen LogP contribution in [0.1, 0.15) is 156 Å². The van der Waals surface area contributed by atoms with Gasteiger partial charge in [0.25, 0.3) is 0 Å². The Hall–Kier alpha value is -8.14. The topological polar surface area (TPSA) is 358 Å². The molecule has 0 saturated carbocycles. The van der Waals surface area contributed by atoms with E-state index in [1.165, 1.54) is 77.9 Å². The molecule has 0 spiro atoms. The van der Waals surface area contributed by atoms with Gasteiger partial charge in [0.2, 0.25) is 71.8 Å². The highest BCUT2D eigenvalue weighted by atomic mass is 16.8. The van der Waals surface area contributed by atoms with Gasteiger partial charge in [-0.2, -0.15) is 0 Å². The van der Waals surface area contributed by atoms with Crippen LogP contribution in [0.4, 0.5) is 4.79 Å². The first kappa shape index (κ1) is 86.9. The molecule has 0 aromatic heterocycles. The Bertz CT molecular complexity index is 2810. The van der Waals surface area contributed by atoms with Gasteiger partial charge in [0.05, 0.1) is 6.54 Å². The number of nitrogens with one attached hydrogen (secondary N) is 4. The average Bonchev–Trinajstić information content (AvgIpc) is 0.818. The van der Waals surface area contributed by atoms with Crippen molar-refractivity contribution in [1.29, 1.82) is 0 Å². The molecule has 0 aliphatic carbocycles. The van der Waals surface area contributed by atoms with Crippen LogP contribution in [0, 0.1) is 41.4 Å². The molecular weight excluding hydrogens is 1260 g/mol. The lowest BCUT2D eigenvalue weighted by Crippen LogP contribution is -2.64. The minimum atomic E-state index is -1.88. The molecule has 550 valence electrons. The SMILES string of the molecule is CC=CC[C@@H](C)C(OC(=O)OCOC(=O)C=CC(=O)O)C1C(=O)NC(CC)C(=O)N(C)CC(=O)N(C)[C@@H](CC(C)C)C(=O)NC(C(C)C)C(=O)N(C)C(CC(C)C)C(=O)NC(C)C(=O)NC(C)C(=O)N(C)C(CC(C)C)C(=O)N(C)C(CC(C)C)C(=O)N(C)C(C(C)C)C(=O)N1C. The number of amides is 11. The number of carboxylic acids is 1. The molecule has 0 radical (unpaired) electrons. The Kier molecular flexibility index (Phi) is 36.3. The summed E-state index contributed by atoms with van der Waals surface area (Å²) in [6, 6.07) is -13.4. The van der Waals surface area contributed by atoms with Gasteiger partial charge in [-0.3, -0.25) is 52.7 Å². The van der Waals surface area contributed by atoms with Crippen molar-refractivity contribution >= 4 is 83.1 Å². The first-order valence-corrected chi connectivity index (χ1v) is 33.5. The van der Waals surface area contributed by atoms with Crippen LogP contribution in [0.25, 0.3) is 0 Å². The van der Waals surface area contributed by atoms with Crippen molar-refractivity contribution in [2.24, 2.45) is 41.4 Å². The normalized spacial score (nSPS) is 24.9. The maximum atomic E-state index is 15.6. The molecule has 10 unspecified atom stereocenters. The van der Waals surface area contributed by atoms with Gasteiger partial charge in [-0.05, 0) is 101 Å². The van der Waals surface area contributed by atoms with E-state index in [-0.39, 0.29) is 62.2 Å². The minimum Gasteiger partial charge on any atom is -0.478 e. The maximum absolute atomic E-state index is 15.6. The fourth-order valence-corrected chi connectivity index (χ4v) is 11.3. The predicted octanol–water partition coefficient (Wildman–Crippen LogP) is 3.57. The van der Waals surface area contributed by atoms with Crippen LogP contribution in [0.15, 0.2) is 24.3 Å². The molecule has 0 aromatic carbocycles. The molecule has 0 bridgehead atoms. The molecule has 1 aliphatic rings. The van der Waals surface area contributed by atoms with E-state index >= 15 is 19.2 Å². The van der Waals surface area contributed by atoms with E-state index in [1.54, 1.807) is 60.6 Å². The van der Waals surface area contributed by atoms with Crippen LogP contribution in [0.5, 0.6) is 0 Å². The number of aliphatic carboxylic acids is 1. The summed E-state index contributed by atoms with van der Waals surface area (Å²) in [4.78, 5) is 207. The molecule has 1 fully saturated rings. The van der Waals surface area contributed by atoms with Crippen LogP contribution in [0.2, 0.25) is 0 Å². The van der Waals surface area contributed by atoms with E-state index in [9.17, 15) is 47.9 Å². The highest BCUT2D eigenvalue weighted by molar-refractivity contribution is 6.00. The number of rotatable bonds is 20. The van der Waals surface area contributed by atoms with Crippen LogP contribution in [0.3, 0.4) is 0 Å². The molecular formula is C68H115N11O18. The van der Waals surface area contributed by atoms with Gasteiger partial charge in [-0.25, -0.2) is 14.4 Å². The van der Waals surface area contributed by atoms with Crippen molar-refractivity contribution in [3.8, 4) is 0 Å². The minimum absolute atomic E-state index is 0.0512. The maximum Gasteiger partial charge on any atom is 0.511 e. The first-order chi connectivity index (χ1) is 44.9. The third-order valence-corrected chi connectivity index (χ3v) is 17.0. The summed E-state index contributed by atoms with van der Waals surface area (Å²) in [6.45, 7) is 27.2. The van der Waals surface area contributed by atoms with Crippen molar-refractivity contribution in [1.82, 2.24) is 55.6 Å². The lowest BCUT2D eigenvalue weighted by atomic mass is 9.91. The Labute approximate surface area is 574 Å². The molecule has 29 heteroatoms. The lowest BCUT2D eigenvalue weighted by molar-refractivity contribution is -0.158. The number of allylic oxidation sites excluding steroid dienone is 2. The Morgan fingerprint density at radius 1 is 0.505 bits per heavy atom. The van der Waals surface area contributed by atoms with Gasteiger partial charge in [0.15, 0.2) is 0 Å². The zero-order valence-electron chi connectivity index (χ0n) is 61.9. The van der Waals surface area contributed by atoms with Gasteiger partial charge in [0.1, 0.15) is 66.5 Å². The summed E-state index contributed by atoms with van der Waals surface area (Å²) in [5.41, 5.74) is 0. The van der Waals surface area contributed by atoms with E-state index in [0.717, 1.165) is 19.6 Å².